The van der Waals surface area contributed by atoms with Gasteiger partial charge in [-0.25, -0.2) is 9.78 Å². The lowest BCUT2D eigenvalue weighted by molar-refractivity contribution is -0.145. The number of aromatic amines is 1. The van der Waals surface area contributed by atoms with E-state index in [0.29, 0.717) is 17.9 Å². The molecule has 0 radical (unpaired) electrons. The summed E-state index contributed by atoms with van der Waals surface area (Å²) < 4.78 is 8.14. The number of amides is 1. The fraction of sp³-hybridized carbons (Fsp3) is 0.417. The molecule has 0 fully saturated rings. The van der Waals surface area contributed by atoms with E-state index in [1.165, 1.54) is 9.13 Å². The summed E-state index contributed by atoms with van der Waals surface area (Å²) >= 11 is 0. The minimum absolute atomic E-state index is 0.0247. The Labute approximate surface area is 201 Å². The zero-order valence-electron chi connectivity index (χ0n) is 19.8. The average molecular weight is 484 g/mol. The van der Waals surface area contributed by atoms with Gasteiger partial charge in [0.05, 0.1) is 6.42 Å². The number of imidazole rings is 1. The van der Waals surface area contributed by atoms with Crippen LogP contribution in [0.4, 0.5) is 0 Å². The largest absolute Gasteiger partial charge is 0.457 e. The van der Waals surface area contributed by atoms with Gasteiger partial charge in [0.25, 0.3) is 5.56 Å². The van der Waals surface area contributed by atoms with Crippen LogP contribution in [-0.4, -0.2) is 43.3 Å². The molecule has 0 aliphatic carbocycles. The number of hydrogen-bond donors (Lipinski definition) is 2. The lowest BCUT2D eigenvalue weighted by atomic mass is 10.1. The van der Waals surface area contributed by atoms with Gasteiger partial charge in [-0.15, -0.1) is 0 Å². The number of Topliss-reactive ketones (excluding diaryl/α,β-unsaturated/α-hetero) is 1. The highest BCUT2D eigenvalue weighted by atomic mass is 16.5. The second kappa shape index (κ2) is 11.9. The van der Waals surface area contributed by atoms with Gasteiger partial charge in [0.2, 0.25) is 5.91 Å². The van der Waals surface area contributed by atoms with Crippen molar-refractivity contribution in [2.24, 2.45) is 7.05 Å². The fourth-order valence-electron chi connectivity index (χ4n) is 3.55. The first-order valence-electron chi connectivity index (χ1n) is 11.5. The van der Waals surface area contributed by atoms with Crippen LogP contribution in [0.5, 0.6) is 0 Å². The summed E-state index contributed by atoms with van der Waals surface area (Å²) in [6.45, 7) is 2.28. The average Bonchev–Trinajstić information content (AvgIpc) is 3.18. The third kappa shape index (κ3) is 6.52. The van der Waals surface area contributed by atoms with E-state index in [1.54, 1.807) is 31.3 Å². The van der Waals surface area contributed by atoms with Crippen LogP contribution in [0.25, 0.3) is 11.2 Å². The minimum Gasteiger partial charge on any atom is -0.457 e. The zero-order valence-corrected chi connectivity index (χ0v) is 19.8. The highest BCUT2D eigenvalue weighted by molar-refractivity contribution is 5.97. The van der Waals surface area contributed by atoms with E-state index < -0.39 is 17.2 Å². The lowest BCUT2D eigenvalue weighted by Crippen LogP contribution is -2.31. The van der Waals surface area contributed by atoms with Gasteiger partial charge < -0.3 is 14.6 Å². The van der Waals surface area contributed by atoms with E-state index in [2.05, 4.69) is 15.3 Å². The molecule has 3 aromatic rings. The van der Waals surface area contributed by atoms with E-state index in [0.717, 1.165) is 12.8 Å². The van der Waals surface area contributed by atoms with Crippen molar-refractivity contribution in [2.45, 2.75) is 52.2 Å². The number of carbonyl (C=O) groups is 3. The molecule has 0 bridgehead atoms. The highest BCUT2D eigenvalue weighted by Crippen LogP contribution is 2.11. The number of unbranched alkanes of at least 4 members (excludes halogenated alkanes) is 1. The maximum Gasteiger partial charge on any atom is 0.330 e. The molecule has 2 N–H and O–H groups in total. The van der Waals surface area contributed by atoms with Gasteiger partial charge in [-0.05, 0) is 6.42 Å². The Kier molecular flexibility index (Phi) is 8.71. The Morgan fingerprint density at radius 1 is 1.09 bits per heavy atom. The molecule has 0 saturated heterocycles. The van der Waals surface area contributed by atoms with E-state index >= 15 is 0 Å². The molecule has 0 saturated carbocycles. The summed E-state index contributed by atoms with van der Waals surface area (Å²) in [4.78, 5) is 67.3. The molecule has 1 amide bonds. The number of fused-ring (bicyclic) bond motifs is 1. The second-order valence-corrected chi connectivity index (χ2v) is 8.07. The smallest absolute Gasteiger partial charge is 0.330 e. The van der Waals surface area contributed by atoms with Crippen molar-refractivity contribution in [3.8, 4) is 0 Å². The molecule has 1 aromatic carbocycles. The molecular formula is C24H29N5O6. The minimum atomic E-state index is -0.560. The van der Waals surface area contributed by atoms with Gasteiger partial charge >= 0.3 is 11.7 Å². The number of carbonyl (C=O) groups excluding carboxylic acids is 3. The van der Waals surface area contributed by atoms with Crippen LogP contribution in [0.15, 0.2) is 39.9 Å². The van der Waals surface area contributed by atoms with Crippen LogP contribution in [0.2, 0.25) is 0 Å². The molecule has 0 atom stereocenters. The SMILES string of the molecule is CCCCn1c(=O)[nH]c(=O)c2c1nc(COC(=O)CCNC(=O)CCC(=O)c1ccccc1)n2C. The molecule has 2 aromatic heterocycles. The maximum absolute atomic E-state index is 12.3. The number of hydrogen-bond acceptors (Lipinski definition) is 7. The molecule has 186 valence electrons. The topological polar surface area (TPSA) is 145 Å². The van der Waals surface area contributed by atoms with Crippen LogP contribution >= 0.6 is 0 Å². The molecule has 2 heterocycles. The summed E-state index contributed by atoms with van der Waals surface area (Å²) in [7, 11) is 1.61. The van der Waals surface area contributed by atoms with E-state index in [9.17, 15) is 24.0 Å². The molecule has 0 spiro atoms. The van der Waals surface area contributed by atoms with Gasteiger partial charge in [-0.1, -0.05) is 43.7 Å². The van der Waals surface area contributed by atoms with Crippen LogP contribution in [0, 0.1) is 0 Å². The van der Waals surface area contributed by atoms with Crippen molar-refractivity contribution in [1.29, 1.82) is 0 Å². The predicted octanol–water partition coefficient (Wildman–Crippen LogP) is 1.44. The normalized spacial score (nSPS) is 10.9. The van der Waals surface area contributed by atoms with Crippen molar-refractivity contribution >= 4 is 28.8 Å². The highest BCUT2D eigenvalue weighted by Gasteiger charge is 2.17. The molecule has 0 unspecified atom stereocenters. The van der Waals surface area contributed by atoms with Gasteiger partial charge in [0.1, 0.15) is 12.4 Å². The van der Waals surface area contributed by atoms with Crippen LogP contribution in [-0.2, 0) is 34.5 Å². The number of ether oxygens (including phenoxy) is 1. The number of aryl methyl sites for hydroxylation is 2. The Hall–Kier alpha value is -4.02. The Bertz CT molecular complexity index is 1320. The number of nitrogens with one attached hydrogen (secondary N) is 2. The Morgan fingerprint density at radius 3 is 2.54 bits per heavy atom. The first kappa shape index (κ1) is 25.6. The summed E-state index contributed by atoms with van der Waals surface area (Å²) in [6, 6.07) is 8.72. The number of nitrogens with zero attached hydrogens (tertiary/aromatic N) is 3. The van der Waals surface area contributed by atoms with Crippen molar-refractivity contribution in [3.63, 3.8) is 0 Å². The van der Waals surface area contributed by atoms with E-state index in [4.69, 9.17) is 4.74 Å². The molecule has 35 heavy (non-hydrogen) atoms. The first-order valence-corrected chi connectivity index (χ1v) is 11.5. The molecular weight excluding hydrogens is 454 g/mol. The van der Waals surface area contributed by atoms with Crippen LogP contribution < -0.4 is 16.6 Å². The summed E-state index contributed by atoms with van der Waals surface area (Å²) in [5.74, 6) is -0.698. The predicted molar refractivity (Wildman–Crippen MR) is 128 cm³/mol. The fourth-order valence-corrected chi connectivity index (χ4v) is 3.55. The third-order valence-electron chi connectivity index (χ3n) is 5.53. The van der Waals surface area contributed by atoms with Gasteiger partial charge in [-0.2, -0.15) is 0 Å². The number of benzene rings is 1. The van der Waals surface area contributed by atoms with E-state index in [1.807, 2.05) is 13.0 Å². The zero-order chi connectivity index (χ0) is 25.4. The first-order chi connectivity index (χ1) is 16.8. The van der Waals surface area contributed by atoms with Gasteiger partial charge in [0, 0.05) is 38.5 Å². The van der Waals surface area contributed by atoms with Crippen molar-refractivity contribution in [1.82, 2.24) is 24.4 Å². The van der Waals surface area contributed by atoms with Crippen LogP contribution in [0.1, 0.15) is 55.2 Å². The van der Waals surface area contributed by atoms with Crippen molar-refractivity contribution in [2.75, 3.05) is 6.54 Å². The number of esters is 1. The Morgan fingerprint density at radius 2 is 1.83 bits per heavy atom. The Balaban J connectivity index is 1.49. The van der Waals surface area contributed by atoms with Gasteiger partial charge in [-0.3, -0.25) is 28.7 Å². The molecule has 11 heteroatoms. The number of ketones is 1. The lowest BCUT2D eigenvalue weighted by Gasteiger charge is -2.06. The second-order valence-electron chi connectivity index (χ2n) is 8.07. The summed E-state index contributed by atoms with van der Waals surface area (Å²) in [6.07, 6.45) is 1.65. The number of aromatic nitrogens is 4. The molecule has 3 rings (SSSR count). The summed E-state index contributed by atoms with van der Waals surface area (Å²) in [5, 5.41) is 2.60. The maximum atomic E-state index is 12.3. The van der Waals surface area contributed by atoms with Gasteiger partial charge in [0.15, 0.2) is 16.9 Å². The van der Waals surface area contributed by atoms with Crippen LogP contribution in [0.3, 0.4) is 0 Å². The molecule has 0 aliphatic heterocycles. The monoisotopic (exact) mass is 483 g/mol. The quantitative estimate of drug-likeness (QED) is 0.293. The standard InChI is InChI=1S/C24H29N5O6/c1-3-4-14-29-22-21(23(33)27-24(29)34)28(2)18(26-22)15-35-20(32)12-13-25-19(31)11-10-17(30)16-8-6-5-7-9-16/h5-9H,3-4,10-15H2,1-2H3,(H,25,31)(H,27,33,34). The van der Waals surface area contributed by atoms with Crippen molar-refractivity contribution < 1.29 is 19.1 Å². The summed E-state index contributed by atoms with van der Waals surface area (Å²) in [5.41, 5.74) is -0.0603. The third-order valence-corrected chi connectivity index (χ3v) is 5.53. The molecule has 0 aliphatic rings. The van der Waals surface area contributed by atoms with Crippen molar-refractivity contribution in [3.05, 3.63) is 62.6 Å². The number of rotatable bonds is 12. The number of H-pyrrole nitrogens is 1. The van der Waals surface area contributed by atoms with E-state index in [-0.39, 0.29) is 55.3 Å². The molecule has 11 nitrogen and oxygen atoms in total.